The molecular weight excluding hydrogens is 432 g/mol. The normalized spacial score (nSPS) is 20.9. The van der Waals surface area contributed by atoms with Gasteiger partial charge in [-0.25, -0.2) is 9.59 Å². The molecule has 1 fully saturated rings. The van der Waals surface area contributed by atoms with E-state index in [0.717, 1.165) is 22.3 Å². The Morgan fingerprint density at radius 2 is 1.71 bits per heavy atom. The van der Waals surface area contributed by atoms with Gasteiger partial charge in [-0.05, 0) is 47.9 Å². The molecule has 1 aliphatic heterocycles. The van der Waals surface area contributed by atoms with Crippen LogP contribution >= 0.6 is 0 Å². The third-order valence-corrected chi connectivity index (χ3v) is 7.46. The molecule has 34 heavy (non-hydrogen) atoms. The van der Waals surface area contributed by atoms with Gasteiger partial charge in [0, 0.05) is 12.5 Å². The summed E-state index contributed by atoms with van der Waals surface area (Å²) in [6.07, 6.45) is 0.994. The number of likely N-dealkylation sites (tertiary alicyclic amines) is 1. The summed E-state index contributed by atoms with van der Waals surface area (Å²) in [6.45, 7) is 5.89. The van der Waals surface area contributed by atoms with E-state index in [1.165, 1.54) is 4.90 Å². The summed E-state index contributed by atoms with van der Waals surface area (Å²) in [5.41, 5.74) is 3.25. The van der Waals surface area contributed by atoms with Gasteiger partial charge in [0.2, 0.25) is 5.91 Å². The molecular formula is C27H32N2O5. The summed E-state index contributed by atoms with van der Waals surface area (Å²) in [5, 5.41) is 12.5. The van der Waals surface area contributed by atoms with E-state index in [1.54, 1.807) is 6.92 Å². The zero-order valence-corrected chi connectivity index (χ0v) is 19.9. The second kappa shape index (κ2) is 9.49. The van der Waals surface area contributed by atoms with Crippen molar-refractivity contribution < 1.29 is 24.2 Å². The molecule has 2 N–H and O–H groups in total. The Kier molecular flexibility index (Phi) is 6.64. The minimum atomic E-state index is -1.26. The lowest BCUT2D eigenvalue weighted by Gasteiger charge is -2.35. The van der Waals surface area contributed by atoms with Gasteiger partial charge >= 0.3 is 12.1 Å². The highest BCUT2D eigenvalue weighted by Gasteiger charge is 2.48. The average Bonchev–Trinajstić information content (AvgIpc) is 3.39. The Hall–Kier alpha value is -3.35. The number of carboxylic acids is 1. The van der Waals surface area contributed by atoms with E-state index in [4.69, 9.17) is 4.74 Å². The van der Waals surface area contributed by atoms with Gasteiger partial charge in [0.05, 0.1) is 0 Å². The standard InChI is InChI=1S/C27H32N2O5/c1-4-17(2)23(24(30)29-15-9-14-27(29,3)25(31)32)28-26(33)34-16-22-20-12-7-5-10-18(20)19-11-6-8-13-21(19)22/h5-8,10-13,17,22-23H,4,9,14-16H2,1-3H3,(H,28,33)(H,31,32)/t17-,23-,27+/m0/s1. The quantitative estimate of drug-likeness (QED) is 0.633. The number of nitrogens with one attached hydrogen (secondary N) is 1. The number of benzene rings is 2. The van der Waals surface area contributed by atoms with Crippen molar-refractivity contribution in [1.82, 2.24) is 10.2 Å². The zero-order valence-electron chi connectivity index (χ0n) is 19.9. The van der Waals surface area contributed by atoms with Gasteiger partial charge in [-0.3, -0.25) is 4.79 Å². The largest absolute Gasteiger partial charge is 0.480 e. The summed E-state index contributed by atoms with van der Waals surface area (Å²) in [5.74, 6) is -1.65. The van der Waals surface area contributed by atoms with E-state index in [0.29, 0.717) is 25.8 Å². The number of nitrogens with zero attached hydrogens (tertiary/aromatic N) is 1. The zero-order chi connectivity index (χ0) is 24.5. The number of carbonyl (C=O) groups is 3. The SMILES string of the molecule is CC[C@H](C)[C@H](NC(=O)OCC1c2ccccc2-c2ccccc21)C(=O)N1CCC[C@]1(C)C(=O)O. The first-order chi connectivity index (χ1) is 16.3. The Morgan fingerprint density at radius 3 is 2.26 bits per heavy atom. The van der Waals surface area contributed by atoms with Gasteiger partial charge in [-0.15, -0.1) is 0 Å². The fraction of sp³-hybridized carbons (Fsp3) is 0.444. The summed E-state index contributed by atoms with van der Waals surface area (Å²) in [4.78, 5) is 39.5. The monoisotopic (exact) mass is 464 g/mol. The van der Waals surface area contributed by atoms with Gasteiger partial charge in [0.25, 0.3) is 0 Å². The number of hydrogen-bond acceptors (Lipinski definition) is 4. The summed E-state index contributed by atoms with van der Waals surface area (Å²) in [6, 6.07) is 15.3. The third-order valence-electron chi connectivity index (χ3n) is 7.46. The highest BCUT2D eigenvalue weighted by molar-refractivity contribution is 5.92. The Labute approximate surface area is 200 Å². The molecule has 1 saturated heterocycles. The maximum Gasteiger partial charge on any atom is 0.407 e. The molecule has 1 heterocycles. The van der Waals surface area contributed by atoms with Crippen LogP contribution in [-0.2, 0) is 14.3 Å². The number of carbonyl (C=O) groups excluding carboxylic acids is 2. The molecule has 1 aliphatic carbocycles. The predicted octanol–water partition coefficient (Wildman–Crippen LogP) is 4.41. The Morgan fingerprint density at radius 1 is 1.12 bits per heavy atom. The van der Waals surface area contributed by atoms with Crippen LogP contribution < -0.4 is 5.32 Å². The second-order valence-electron chi connectivity index (χ2n) is 9.51. The Balaban J connectivity index is 1.47. The van der Waals surface area contributed by atoms with E-state index in [-0.39, 0.29) is 24.3 Å². The molecule has 0 radical (unpaired) electrons. The van der Waals surface area contributed by atoms with E-state index in [2.05, 4.69) is 17.4 Å². The lowest BCUT2D eigenvalue weighted by molar-refractivity contribution is -0.156. The first-order valence-corrected chi connectivity index (χ1v) is 11.9. The summed E-state index contributed by atoms with van der Waals surface area (Å²) < 4.78 is 5.64. The minimum Gasteiger partial charge on any atom is -0.480 e. The van der Waals surface area contributed by atoms with Gasteiger partial charge in [0.15, 0.2) is 0 Å². The van der Waals surface area contributed by atoms with Gasteiger partial charge in [-0.2, -0.15) is 0 Å². The van der Waals surface area contributed by atoms with Crippen molar-refractivity contribution in [3.05, 3.63) is 59.7 Å². The molecule has 3 atom stereocenters. The summed E-state index contributed by atoms with van der Waals surface area (Å²) in [7, 11) is 0. The fourth-order valence-electron chi connectivity index (χ4n) is 5.16. The van der Waals surface area contributed by atoms with Crippen molar-refractivity contribution >= 4 is 18.0 Å². The van der Waals surface area contributed by atoms with Crippen LogP contribution in [0.1, 0.15) is 57.1 Å². The van der Waals surface area contributed by atoms with Crippen LogP contribution in [-0.4, -0.2) is 52.7 Å². The topological polar surface area (TPSA) is 95.9 Å². The number of carboxylic acid groups (broad SMARTS) is 1. The third kappa shape index (κ3) is 4.15. The maximum absolute atomic E-state index is 13.4. The molecule has 180 valence electrons. The maximum atomic E-state index is 13.4. The lowest BCUT2D eigenvalue weighted by Crippen LogP contribution is -2.58. The van der Waals surface area contributed by atoms with Crippen LogP contribution in [0, 0.1) is 5.92 Å². The molecule has 2 aliphatic rings. The van der Waals surface area contributed by atoms with Crippen LogP contribution in [0.15, 0.2) is 48.5 Å². The minimum absolute atomic E-state index is 0.0789. The van der Waals surface area contributed by atoms with E-state index >= 15 is 0 Å². The van der Waals surface area contributed by atoms with Gasteiger partial charge in [-0.1, -0.05) is 68.8 Å². The van der Waals surface area contributed by atoms with Crippen molar-refractivity contribution in [2.75, 3.05) is 13.2 Å². The predicted molar refractivity (Wildman–Crippen MR) is 128 cm³/mol. The number of fused-ring (bicyclic) bond motifs is 3. The molecule has 0 aromatic heterocycles. The first-order valence-electron chi connectivity index (χ1n) is 11.9. The second-order valence-corrected chi connectivity index (χ2v) is 9.51. The molecule has 7 heteroatoms. The molecule has 4 rings (SSSR count). The van der Waals surface area contributed by atoms with Crippen molar-refractivity contribution in [1.29, 1.82) is 0 Å². The van der Waals surface area contributed by atoms with Crippen molar-refractivity contribution in [2.45, 2.75) is 57.5 Å². The van der Waals surface area contributed by atoms with Crippen LogP contribution in [0.25, 0.3) is 11.1 Å². The van der Waals surface area contributed by atoms with Crippen LogP contribution in [0.5, 0.6) is 0 Å². The van der Waals surface area contributed by atoms with Crippen molar-refractivity contribution in [3.8, 4) is 11.1 Å². The fourth-order valence-corrected chi connectivity index (χ4v) is 5.16. The number of ether oxygens (including phenoxy) is 1. The van der Waals surface area contributed by atoms with E-state index < -0.39 is 23.6 Å². The Bertz CT molecular complexity index is 1050. The highest BCUT2D eigenvalue weighted by atomic mass is 16.5. The van der Waals surface area contributed by atoms with Crippen LogP contribution in [0.3, 0.4) is 0 Å². The molecule has 0 unspecified atom stereocenters. The molecule has 2 aromatic rings. The van der Waals surface area contributed by atoms with Crippen molar-refractivity contribution in [3.63, 3.8) is 0 Å². The molecule has 2 aromatic carbocycles. The molecule has 2 amide bonds. The number of amides is 2. The van der Waals surface area contributed by atoms with E-state index in [1.807, 2.05) is 50.2 Å². The van der Waals surface area contributed by atoms with E-state index in [9.17, 15) is 19.5 Å². The number of hydrogen-bond donors (Lipinski definition) is 2. The van der Waals surface area contributed by atoms with Crippen LogP contribution in [0.2, 0.25) is 0 Å². The summed E-state index contributed by atoms with van der Waals surface area (Å²) >= 11 is 0. The number of aliphatic carboxylic acids is 1. The lowest BCUT2D eigenvalue weighted by atomic mass is 9.94. The number of alkyl carbamates (subject to hydrolysis) is 1. The first kappa shape index (κ1) is 23.8. The van der Waals surface area contributed by atoms with Gasteiger partial charge in [0.1, 0.15) is 18.2 Å². The highest BCUT2D eigenvalue weighted by Crippen LogP contribution is 2.44. The average molecular weight is 465 g/mol. The smallest absolute Gasteiger partial charge is 0.407 e. The van der Waals surface area contributed by atoms with Crippen LogP contribution in [0.4, 0.5) is 4.79 Å². The molecule has 0 saturated carbocycles. The molecule has 7 nitrogen and oxygen atoms in total. The molecule has 0 spiro atoms. The molecule has 0 bridgehead atoms. The van der Waals surface area contributed by atoms with Crippen molar-refractivity contribution in [2.24, 2.45) is 5.92 Å². The van der Waals surface area contributed by atoms with Gasteiger partial charge < -0.3 is 20.1 Å². The number of rotatable bonds is 7.